The first-order chi connectivity index (χ1) is 11.7. The number of rotatable bonds is 2. The van der Waals surface area contributed by atoms with E-state index in [1.165, 1.54) is 19.3 Å². The van der Waals surface area contributed by atoms with Crippen LogP contribution >= 0.6 is 11.3 Å². The minimum absolute atomic E-state index is 0.00681. The van der Waals surface area contributed by atoms with Crippen LogP contribution in [0.3, 0.4) is 0 Å². The van der Waals surface area contributed by atoms with E-state index in [2.05, 4.69) is 16.3 Å². The lowest BCUT2D eigenvalue weighted by Crippen LogP contribution is -2.29. The summed E-state index contributed by atoms with van der Waals surface area (Å²) in [7, 11) is 0. The predicted molar refractivity (Wildman–Crippen MR) is 94.4 cm³/mol. The molecule has 1 aromatic carbocycles. The van der Waals surface area contributed by atoms with Crippen LogP contribution in [0, 0.1) is 11.3 Å². The van der Waals surface area contributed by atoms with E-state index in [1.54, 1.807) is 11.3 Å². The molecule has 6 heteroatoms. The van der Waals surface area contributed by atoms with Crippen molar-refractivity contribution in [1.82, 2.24) is 4.98 Å². The normalized spacial score (nSPS) is 20.2. The van der Waals surface area contributed by atoms with Crippen LogP contribution in [0.1, 0.15) is 47.6 Å². The Morgan fingerprint density at radius 1 is 1.21 bits per heavy atom. The summed E-state index contributed by atoms with van der Waals surface area (Å²) < 4.78 is 0. The van der Waals surface area contributed by atoms with Gasteiger partial charge in [-0.3, -0.25) is 4.79 Å². The van der Waals surface area contributed by atoms with Gasteiger partial charge in [-0.05, 0) is 37.0 Å². The molecule has 0 saturated carbocycles. The van der Waals surface area contributed by atoms with Crippen LogP contribution < -0.4 is 10.2 Å². The highest BCUT2D eigenvalue weighted by Gasteiger charge is 2.31. The Balaban J connectivity index is 1.69. The van der Waals surface area contributed by atoms with E-state index in [0.717, 1.165) is 28.7 Å². The maximum atomic E-state index is 12.1. The molecule has 0 aliphatic carbocycles. The monoisotopic (exact) mass is 338 g/mol. The van der Waals surface area contributed by atoms with Gasteiger partial charge < -0.3 is 10.2 Å². The molecule has 24 heavy (non-hydrogen) atoms. The maximum absolute atomic E-state index is 12.1. The van der Waals surface area contributed by atoms with Crippen molar-refractivity contribution in [3.8, 4) is 6.07 Å². The summed E-state index contributed by atoms with van der Waals surface area (Å²) >= 11 is 1.69. The summed E-state index contributed by atoms with van der Waals surface area (Å²) in [6.07, 6.45) is 4.12. The largest absolute Gasteiger partial charge is 0.348 e. The molecule has 122 valence electrons. The standard InChI is InChI=1S/C18H18N4OS/c19-11-12-4-6-13(7-5-12)14-10-15(23)20-17-16(14)24-18(21-17)22-8-2-1-3-9-22/h4-7,14H,1-3,8-10H2,(H,20,23)/t14-/m1/s1. The number of hydrogen-bond acceptors (Lipinski definition) is 5. The minimum atomic E-state index is 0.00681. The number of benzene rings is 1. The zero-order valence-corrected chi connectivity index (χ0v) is 14.1. The molecule has 1 atom stereocenters. The average molecular weight is 338 g/mol. The number of thiazole rings is 1. The molecule has 1 N–H and O–H groups in total. The molecule has 0 unspecified atom stereocenters. The first-order valence-electron chi connectivity index (χ1n) is 8.30. The highest BCUT2D eigenvalue weighted by Crippen LogP contribution is 2.43. The van der Waals surface area contributed by atoms with Crippen molar-refractivity contribution in [1.29, 1.82) is 5.26 Å². The van der Waals surface area contributed by atoms with Crippen molar-refractivity contribution in [2.45, 2.75) is 31.6 Å². The van der Waals surface area contributed by atoms with Gasteiger partial charge in [-0.25, -0.2) is 4.98 Å². The molecule has 0 radical (unpaired) electrons. The molecule has 2 aliphatic rings. The number of nitrogens with zero attached hydrogens (tertiary/aromatic N) is 3. The van der Waals surface area contributed by atoms with Gasteiger partial charge in [0.25, 0.3) is 0 Å². The van der Waals surface area contributed by atoms with Gasteiger partial charge in [0.1, 0.15) is 5.82 Å². The molecular formula is C18H18N4OS. The molecular weight excluding hydrogens is 320 g/mol. The van der Waals surface area contributed by atoms with Crippen molar-refractivity contribution in [2.75, 3.05) is 23.3 Å². The van der Waals surface area contributed by atoms with E-state index in [9.17, 15) is 4.79 Å². The lowest BCUT2D eigenvalue weighted by molar-refractivity contribution is -0.116. The minimum Gasteiger partial charge on any atom is -0.348 e. The Morgan fingerprint density at radius 2 is 1.96 bits per heavy atom. The fourth-order valence-electron chi connectivity index (χ4n) is 3.39. The van der Waals surface area contributed by atoms with Crippen molar-refractivity contribution >= 4 is 28.2 Å². The molecule has 1 fully saturated rings. The molecule has 3 heterocycles. The molecule has 1 aromatic heterocycles. The van der Waals surface area contributed by atoms with E-state index in [1.807, 2.05) is 24.3 Å². The lowest BCUT2D eigenvalue weighted by Gasteiger charge is -2.25. The van der Waals surface area contributed by atoms with E-state index < -0.39 is 0 Å². The number of carbonyl (C=O) groups excluding carboxylic acids is 1. The topological polar surface area (TPSA) is 69.0 Å². The van der Waals surface area contributed by atoms with Crippen LogP contribution in [-0.2, 0) is 4.79 Å². The van der Waals surface area contributed by atoms with Crippen LogP contribution in [0.4, 0.5) is 10.9 Å². The maximum Gasteiger partial charge on any atom is 0.226 e. The van der Waals surface area contributed by atoms with Crippen LogP contribution in [0.5, 0.6) is 0 Å². The van der Waals surface area contributed by atoms with E-state index in [0.29, 0.717) is 17.8 Å². The summed E-state index contributed by atoms with van der Waals surface area (Å²) in [5, 5.41) is 12.9. The number of amides is 1. The zero-order valence-electron chi connectivity index (χ0n) is 13.3. The number of nitrogens with one attached hydrogen (secondary N) is 1. The number of fused-ring (bicyclic) bond motifs is 1. The second kappa shape index (κ2) is 6.25. The Kier molecular flexibility index (Phi) is 3.95. The number of anilines is 2. The smallest absolute Gasteiger partial charge is 0.226 e. The number of aromatic nitrogens is 1. The van der Waals surface area contributed by atoms with Crippen molar-refractivity contribution in [3.63, 3.8) is 0 Å². The molecule has 0 bridgehead atoms. The molecule has 2 aromatic rings. The highest BCUT2D eigenvalue weighted by molar-refractivity contribution is 7.16. The summed E-state index contributed by atoms with van der Waals surface area (Å²) in [4.78, 5) is 20.3. The van der Waals surface area contributed by atoms with Crippen molar-refractivity contribution in [3.05, 3.63) is 40.3 Å². The molecule has 4 rings (SSSR count). The van der Waals surface area contributed by atoms with Gasteiger partial charge in [-0.2, -0.15) is 5.26 Å². The first-order valence-corrected chi connectivity index (χ1v) is 9.12. The fraction of sp³-hybridized carbons (Fsp3) is 0.389. The predicted octanol–water partition coefficient (Wildman–Crippen LogP) is 3.48. The summed E-state index contributed by atoms with van der Waals surface area (Å²) in [5.74, 6) is 0.746. The van der Waals surface area contributed by atoms with Gasteiger partial charge in [0.2, 0.25) is 5.91 Å². The summed E-state index contributed by atoms with van der Waals surface area (Å²) in [5.41, 5.74) is 1.71. The fourth-order valence-corrected chi connectivity index (χ4v) is 4.59. The third-order valence-electron chi connectivity index (χ3n) is 4.67. The van der Waals surface area contributed by atoms with Crippen molar-refractivity contribution in [2.24, 2.45) is 0 Å². The van der Waals surface area contributed by atoms with Gasteiger partial charge in [-0.1, -0.05) is 23.5 Å². The van der Waals surface area contributed by atoms with Gasteiger partial charge in [-0.15, -0.1) is 0 Å². The van der Waals surface area contributed by atoms with Gasteiger partial charge >= 0.3 is 0 Å². The third kappa shape index (κ3) is 2.76. The number of nitriles is 1. The quantitative estimate of drug-likeness (QED) is 0.910. The van der Waals surface area contributed by atoms with Gasteiger partial charge in [0.05, 0.1) is 16.5 Å². The van der Waals surface area contributed by atoms with Crippen LogP contribution in [0.2, 0.25) is 0 Å². The molecule has 2 aliphatic heterocycles. The number of carbonyl (C=O) groups is 1. The Labute approximate surface area is 144 Å². The third-order valence-corrected chi connectivity index (χ3v) is 5.90. The average Bonchev–Trinajstić information content (AvgIpc) is 3.06. The lowest BCUT2D eigenvalue weighted by atomic mass is 9.91. The highest BCUT2D eigenvalue weighted by atomic mass is 32.1. The van der Waals surface area contributed by atoms with Crippen LogP contribution in [0.25, 0.3) is 0 Å². The SMILES string of the molecule is N#Cc1ccc([C@H]2CC(=O)Nc3nc(N4CCCCC4)sc32)cc1. The zero-order chi connectivity index (χ0) is 16.5. The molecule has 5 nitrogen and oxygen atoms in total. The Bertz CT molecular complexity index is 799. The molecule has 1 saturated heterocycles. The number of piperidine rings is 1. The summed E-state index contributed by atoms with van der Waals surface area (Å²) in [6, 6.07) is 9.66. The Hall–Kier alpha value is -2.39. The molecule has 1 amide bonds. The Morgan fingerprint density at radius 3 is 2.67 bits per heavy atom. The second-order valence-electron chi connectivity index (χ2n) is 6.30. The molecule has 0 spiro atoms. The first kappa shape index (κ1) is 15.2. The van der Waals surface area contributed by atoms with Crippen molar-refractivity contribution < 1.29 is 4.79 Å². The summed E-state index contributed by atoms with van der Waals surface area (Å²) in [6.45, 7) is 2.09. The van der Waals surface area contributed by atoms with E-state index in [-0.39, 0.29) is 11.8 Å². The van der Waals surface area contributed by atoms with E-state index in [4.69, 9.17) is 10.2 Å². The van der Waals surface area contributed by atoms with E-state index >= 15 is 0 Å². The van der Waals surface area contributed by atoms with Crippen LogP contribution in [-0.4, -0.2) is 24.0 Å². The number of hydrogen-bond donors (Lipinski definition) is 1. The second-order valence-corrected chi connectivity index (χ2v) is 7.30. The van der Waals surface area contributed by atoms with Gasteiger partial charge in [0, 0.05) is 25.4 Å². The van der Waals surface area contributed by atoms with Gasteiger partial charge in [0.15, 0.2) is 5.13 Å². The van der Waals surface area contributed by atoms with Crippen LogP contribution in [0.15, 0.2) is 24.3 Å².